The van der Waals surface area contributed by atoms with Crippen molar-refractivity contribution in [1.82, 2.24) is 10.2 Å². The zero-order valence-corrected chi connectivity index (χ0v) is 16.7. The summed E-state index contributed by atoms with van der Waals surface area (Å²) < 4.78 is 17.3. The van der Waals surface area contributed by atoms with Crippen molar-refractivity contribution < 1.29 is 13.9 Å². The molecule has 6 heteroatoms. The van der Waals surface area contributed by atoms with Gasteiger partial charge in [0.25, 0.3) is 0 Å². The maximum absolute atomic E-state index is 6.14. The number of aliphatic imine (C=N–C) groups is 1. The number of hydrogen-bond acceptors (Lipinski definition) is 4. The molecule has 0 saturated carbocycles. The molecular formula is C21H35N3O3. The van der Waals surface area contributed by atoms with Gasteiger partial charge in [-0.2, -0.15) is 0 Å². The maximum Gasteiger partial charge on any atom is 0.193 e. The summed E-state index contributed by atoms with van der Waals surface area (Å²) in [5.41, 5.74) is 0. The van der Waals surface area contributed by atoms with Crippen molar-refractivity contribution in [2.75, 3.05) is 39.4 Å². The topological polar surface area (TPSA) is 59.2 Å². The SMILES string of the molecule is CCCN=C(NCCc1ccco1)N1CCC(OCC2CCCCO2)CC1. The molecular weight excluding hydrogens is 342 g/mol. The van der Waals surface area contributed by atoms with Gasteiger partial charge in [0.2, 0.25) is 0 Å². The lowest BCUT2D eigenvalue weighted by atomic mass is 10.1. The Balaban J connectivity index is 1.39. The average molecular weight is 378 g/mol. The van der Waals surface area contributed by atoms with Crippen LogP contribution in [0.4, 0.5) is 0 Å². The van der Waals surface area contributed by atoms with Crippen molar-refractivity contribution in [2.24, 2.45) is 4.99 Å². The lowest BCUT2D eigenvalue weighted by Gasteiger charge is -2.35. The monoisotopic (exact) mass is 377 g/mol. The summed E-state index contributed by atoms with van der Waals surface area (Å²) in [7, 11) is 0. The van der Waals surface area contributed by atoms with Crippen LogP contribution in [0.5, 0.6) is 0 Å². The van der Waals surface area contributed by atoms with E-state index in [1.165, 1.54) is 12.8 Å². The molecule has 2 aliphatic rings. The number of furan rings is 1. The van der Waals surface area contributed by atoms with Gasteiger partial charge in [0, 0.05) is 39.2 Å². The third-order valence-electron chi connectivity index (χ3n) is 5.25. The van der Waals surface area contributed by atoms with Gasteiger partial charge in [0.1, 0.15) is 5.76 Å². The van der Waals surface area contributed by atoms with Gasteiger partial charge in [-0.3, -0.25) is 4.99 Å². The molecule has 27 heavy (non-hydrogen) atoms. The maximum atomic E-state index is 6.14. The van der Waals surface area contributed by atoms with Crippen LogP contribution in [-0.2, 0) is 15.9 Å². The molecule has 1 aromatic heterocycles. The van der Waals surface area contributed by atoms with E-state index < -0.39 is 0 Å². The first kappa shape index (κ1) is 20.2. The molecule has 1 unspecified atom stereocenters. The van der Waals surface area contributed by atoms with E-state index >= 15 is 0 Å². The van der Waals surface area contributed by atoms with E-state index in [4.69, 9.17) is 18.9 Å². The van der Waals surface area contributed by atoms with Crippen molar-refractivity contribution in [3.05, 3.63) is 24.2 Å². The molecule has 152 valence electrons. The zero-order chi connectivity index (χ0) is 18.7. The average Bonchev–Trinajstić information content (AvgIpc) is 3.24. The number of likely N-dealkylation sites (tertiary alicyclic amines) is 1. The second kappa shape index (κ2) is 11.3. The number of rotatable bonds is 8. The van der Waals surface area contributed by atoms with Gasteiger partial charge in [-0.25, -0.2) is 0 Å². The predicted molar refractivity (Wildman–Crippen MR) is 107 cm³/mol. The highest BCUT2D eigenvalue weighted by molar-refractivity contribution is 5.80. The first-order chi connectivity index (χ1) is 13.3. The fourth-order valence-corrected chi connectivity index (χ4v) is 3.65. The van der Waals surface area contributed by atoms with Crippen LogP contribution in [0.1, 0.15) is 51.2 Å². The molecule has 0 aromatic carbocycles. The van der Waals surface area contributed by atoms with E-state index in [2.05, 4.69) is 17.1 Å². The minimum absolute atomic E-state index is 0.307. The summed E-state index contributed by atoms with van der Waals surface area (Å²) in [5, 5.41) is 3.52. The molecule has 0 spiro atoms. The highest BCUT2D eigenvalue weighted by Gasteiger charge is 2.23. The van der Waals surface area contributed by atoms with Crippen molar-refractivity contribution in [2.45, 2.75) is 64.1 Å². The van der Waals surface area contributed by atoms with Crippen LogP contribution < -0.4 is 5.32 Å². The summed E-state index contributed by atoms with van der Waals surface area (Å²) in [6.45, 7) is 7.50. The van der Waals surface area contributed by atoms with Gasteiger partial charge in [-0.15, -0.1) is 0 Å². The van der Waals surface area contributed by atoms with E-state index in [0.717, 1.165) is 83.2 Å². The van der Waals surface area contributed by atoms with Crippen LogP contribution >= 0.6 is 0 Å². The molecule has 3 heterocycles. The Morgan fingerprint density at radius 1 is 1.30 bits per heavy atom. The second-order valence-electron chi connectivity index (χ2n) is 7.47. The fourth-order valence-electron chi connectivity index (χ4n) is 3.65. The van der Waals surface area contributed by atoms with Gasteiger partial charge >= 0.3 is 0 Å². The zero-order valence-electron chi connectivity index (χ0n) is 16.7. The fraction of sp³-hybridized carbons (Fsp3) is 0.762. The highest BCUT2D eigenvalue weighted by Crippen LogP contribution is 2.18. The molecule has 0 amide bonds. The molecule has 2 saturated heterocycles. The number of guanidine groups is 1. The summed E-state index contributed by atoms with van der Waals surface area (Å²) >= 11 is 0. The summed E-state index contributed by atoms with van der Waals surface area (Å²) in [5.74, 6) is 2.03. The molecule has 1 N–H and O–H groups in total. The Kier molecular flexibility index (Phi) is 8.49. The minimum Gasteiger partial charge on any atom is -0.469 e. The van der Waals surface area contributed by atoms with Gasteiger partial charge < -0.3 is 24.1 Å². The van der Waals surface area contributed by atoms with Gasteiger partial charge in [-0.1, -0.05) is 6.92 Å². The third-order valence-corrected chi connectivity index (χ3v) is 5.25. The molecule has 3 rings (SSSR count). The Morgan fingerprint density at radius 3 is 2.89 bits per heavy atom. The molecule has 2 aliphatic heterocycles. The van der Waals surface area contributed by atoms with Gasteiger partial charge in [-0.05, 0) is 50.7 Å². The summed E-state index contributed by atoms with van der Waals surface area (Å²) in [4.78, 5) is 7.14. The van der Waals surface area contributed by atoms with E-state index in [1.807, 2.05) is 12.1 Å². The molecule has 0 aliphatic carbocycles. The number of piperidine rings is 1. The second-order valence-corrected chi connectivity index (χ2v) is 7.47. The molecule has 1 aromatic rings. The number of nitrogens with one attached hydrogen (secondary N) is 1. The Bertz CT molecular complexity index is 533. The number of nitrogens with zero attached hydrogens (tertiary/aromatic N) is 2. The minimum atomic E-state index is 0.307. The van der Waals surface area contributed by atoms with Crippen molar-refractivity contribution >= 4 is 5.96 Å². The largest absolute Gasteiger partial charge is 0.469 e. The Hall–Kier alpha value is -1.53. The molecule has 6 nitrogen and oxygen atoms in total. The number of ether oxygens (including phenoxy) is 2. The standard InChI is InChI=1S/C21H35N3O3/c1-2-11-22-21(23-12-8-18-7-5-16-25-18)24-13-9-19(10-14-24)27-17-20-6-3-4-15-26-20/h5,7,16,19-20H,2-4,6,8-15,17H2,1H3,(H,22,23). The van der Waals surface area contributed by atoms with Crippen LogP contribution in [-0.4, -0.2) is 62.5 Å². The molecule has 0 radical (unpaired) electrons. The van der Waals surface area contributed by atoms with Crippen molar-refractivity contribution in [3.8, 4) is 0 Å². The van der Waals surface area contributed by atoms with E-state index in [1.54, 1.807) is 6.26 Å². The Morgan fingerprint density at radius 2 is 2.19 bits per heavy atom. The van der Waals surface area contributed by atoms with Crippen molar-refractivity contribution in [1.29, 1.82) is 0 Å². The van der Waals surface area contributed by atoms with Crippen LogP contribution in [0.3, 0.4) is 0 Å². The number of hydrogen-bond donors (Lipinski definition) is 1. The smallest absolute Gasteiger partial charge is 0.193 e. The van der Waals surface area contributed by atoms with E-state index in [-0.39, 0.29) is 0 Å². The van der Waals surface area contributed by atoms with Crippen LogP contribution in [0, 0.1) is 0 Å². The lowest BCUT2D eigenvalue weighted by molar-refractivity contribution is -0.0721. The summed E-state index contributed by atoms with van der Waals surface area (Å²) in [6.07, 6.45) is 10.0. The summed E-state index contributed by atoms with van der Waals surface area (Å²) in [6, 6.07) is 3.95. The van der Waals surface area contributed by atoms with Crippen molar-refractivity contribution in [3.63, 3.8) is 0 Å². The Labute approximate surface area is 163 Å². The van der Waals surface area contributed by atoms with E-state index in [0.29, 0.717) is 12.2 Å². The van der Waals surface area contributed by atoms with Gasteiger partial charge in [0.15, 0.2) is 5.96 Å². The molecule has 1 atom stereocenters. The van der Waals surface area contributed by atoms with Gasteiger partial charge in [0.05, 0.1) is 25.1 Å². The van der Waals surface area contributed by atoms with Crippen LogP contribution in [0.25, 0.3) is 0 Å². The van der Waals surface area contributed by atoms with E-state index in [9.17, 15) is 0 Å². The van der Waals surface area contributed by atoms with Crippen LogP contribution in [0.2, 0.25) is 0 Å². The quantitative estimate of drug-likeness (QED) is 0.557. The first-order valence-corrected chi connectivity index (χ1v) is 10.6. The first-order valence-electron chi connectivity index (χ1n) is 10.6. The lowest BCUT2D eigenvalue weighted by Crippen LogP contribution is -2.47. The molecule has 0 bridgehead atoms. The third kappa shape index (κ3) is 6.85. The van der Waals surface area contributed by atoms with Crippen LogP contribution in [0.15, 0.2) is 27.8 Å². The predicted octanol–water partition coefficient (Wildman–Crippen LogP) is 3.23. The normalized spacial score (nSPS) is 22.2. The highest BCUT2D eigenvalue weighted by atomic mass is 16.5. The molecule has 2 fully saturated rings.